The van der Waals surface area contributed by atoms with Gasteiger partial charge in [0.1, 0.15) is 12.1 Å². The fourth-order valence-electron chi connectivity index (χ4n) is 3.05. The average molecular weight is 296 g/mol. The van der Waals surface area contributed by atoms with Gasteiger partial charge in [0.05, 0.1) is 5.69 Å². The van der Waals surface area contributed by atoms with Crippen molar-refractivity contribution in [2.45, 2.75) is 37.6 Å². The van der Waals surface area contributed by atoms with Crippen molar-refractivity contribution < 1.29 is 0 Å². The third-order valence-electron chi connectivity index (χ3n) is 4.40. The lowest BCUT2D eigenvalue weighted by molar-refractivity contribution is 0.520. The van der Waals surface area contributed by atoms with E-state index in [2.05, 4.69) is 30.2 Å². The van der Waals surface area contributed by atoms with Crippen LogP contribution in [0.15, 0.2) is 31.0 Å². The third kappa shape index (κ3) is 2.86. The maximum absolute atomic E-state index is 4.60. The number of rotatable bonds is 4. The van der Waals surface area contributed by atoms with Crippen LogP contribution in [0.3, 0.4) is 0 Å². The molecular formula is C16H20N6. The van der Waals surface area contributed by atoms with Crippen molar-refractivity contribution in [1.29, 1.82) is 0 Å². The zero-order chi connectivity index (χ0) is 14.8. The zero-order valence-electron chi connectivity index (χ0n) is 12.5. The predicted molar refractivity (Wildman–Crippen MR) is 84.9 cm³/mol. The van der Waals surface area contributed by atoms with Gasteiger partial charge in [0.2, 0.25) is 0 Å². The Morgan fingerprint density at radius 3 is 2.50 bits per heavy atom. The highest BCUT2D eigenvalue weighted by atomic mass is 15.2. The van der Waals surface area contributed by atoms with Gasteiger partial charge in [0.15, 0.2) is 5.82 Å². The minimum absolute atomic E-state index is 0.465. The number of nitrogens with one attached hydrogen (secondary N) is 1. The SMILES string of the molecule is c1cc(NC2CCN(c3nccnc3C3CC3)CC2)ncn1. The van der Waals surface area contributed by atoms with E-state index >= 15 is 0 Å². The maximum atomic E-state index is 4.60. The van der Waals surface area contributed by atoms with E-state index in [1.165, 1.54) is 18.5 Å². The highest BCUT2D eigenvalue weighted by Gasteiger charge is 2.31. The van der Waals surface area contributed by atoms with E-state index in [0.29, 0.717) is 12.0 Å². The lowest BCUT2D eigenvalue weighted by Crippen LogP contribution is -2.40. The van der Waals surface area contributed by atoms with Crippen LogP contribution in [0.1, 0.15) is 37.3 Å². The van der Waals surface area contributed by atoms with E-state index in [-0.39, 0.29) is 0 Å². The van der Waals surface area contributed by atoms with E-state index < -0.39 is 0 Å². The molecule has 0 spiro atoms. The van der Waals surface area contributed by atoms with E-state index in [4.69, 9.17) is 0 Å². The molecule has 6 heteroatoms. The van der Waals surface area contributed by atoms with Crippen molar-refractivity contribution in [2.24, 2.45) is 0 Å². The molecule has 0 radical (unpaired) electrons. The number of hydrogen-bond acceptors (Lipinski definition) is 6. The molecule has 1 aliphatic carbocycles. The van der Waals surface area contributed by atoms with Crippen molar-refractivity contribution in [3.63, 3.8) is 0 Å². The van der Waals surface area contributed by atoms with Gasteiger partial charge in [-0.2, -0.15) is 0 Å². The third-order valence-corrected chi connectivity index (χ3v) is 4.40. The Morgan fingerprint density at radius 1 is 0.955 bits per heavy atom. The number of anilines is 2. The first-order chi connectivity index (χ1) is 10.9. The van der Waals surface area contributed by atoms with Crippen LogP contribution in [0.5, 0.6) is 0 Å². The first-order valence-corrected chi connectivity index (χ1v) is 7.98. The molecule has 2 aromatic rings. The van der Waals surface area contributed by atoms with Gasteiger partial charge in [-0.05, 0) is 31.7 Å². The zero-order valence-corrected chi connectivity index (χ0v) is 12.5. The predicted octanol–water partition coefficient (Wildman–Crippen LogP) is 2.22. The van der Waals surface area contributed by atoms with Crippen LogP contribution >= 0.6 is 0 Å². The summed E-state index contributed by atoms with van der Waals surface area (Å²) in [6, 6.07) is 2.38. The van der Waals surface area contributed by atoms with Gasteiger partial charge in [-0.1, -0.05) is 0 Å². The second-order valence-corrected chi connectivity index (χ2v) is 6.04. The Bertz CT molecular complexity index is 620. The van der Waals surface area contributed by atoms with E-state index in [1.807, 2.05) is 18.5 Å². The summed E-state index contributed by atoms with van der Waals surface area (Å²) in [5, 5.41) is 3.49. The highest BCUT2D eigenvalue weighted by Crippen LogP contribution is 2.42. The summed E-state index contributed by atoms with van der Waals surface area (Å²) in [6.07, 6.45) is 11.7. The van der Waals surface area contributed by atoms with Crippen LogP contribution in [-0.4, -0.2) is 39.1 Å². The average Bonchev–Trinajstić information content (AvgIpc) is 3.42. The smallest absolute Gasteiger partial charge is 0.150 e. The molecule has 3 heterocycles. The summed E-state index contributed by atoms with van der Waals surface area (Å²) < 4.78 is 0. The van der Waals surface area contributed by atoms with Gasteiger partial charge in [-0.15, -0.1) is 0 Å². The van der Waals surface area contributed by atoms with Crippen molar-refractivity contribution in [3.05, 3.63) is 36.7 Å². The Kier molecular flexibility index (Phi) is 3.58. The van der Waals surface area contributed by atoms with Gasteiger partial charge in [0, 0.05) is 43.6 Å². The first kappa shape index (κ1) is 13.4. The second-order valence-electron chi connectivity index (χ2n) is 6.04. The lowest BCUT2D eigenvalue weighted by atomic mass is 10.0. The van der Waals surface area contributed by atoms with Crippen LogP contribution in [-0.2, 0) is 0 Å². The molecule has 0 atom stereocenters. The normalized spacial score (nSPS) is 19.2. The molecule has 0 unspecified atom stereocenters. The van der Waals surface area contributed by atoms with Gasteiger partial charge < -0.3 is 10.2 Å². The number of nitrogens with zero attached hydrogens (tertiary/aromatic N) is 5. The van der Waals surface area contributed by atoms with Crippen LogP contribution in [0, 0.1) is 0 Å². The molecule has 2 aromatic heterocycles. The highest BCUT2D eigenvalue weighted by molar-refractivity contribution is 5.47. The van der Waals surface area contributed by atoms with Gasteiger partial charge in [-0.25, -0.2) is 15.0 Å². The van der Waals surface area contributed by atoms with Crippen LogP contribution in [0.25, 0.3) is 0 Å². The molecule has 6 nitrogen and oxygen atoms in total. The van der Waals surface area contributed by atoms with Crippen LogP contribution < -0.4 is 10.2 Å². The fourth-order valence-corrected chi connectivity index (χ4v) is 3.05. The van der Waals surface area contributed by atoms with E-state index in [1.54, 1.807) is 12.5 Å². The number of piperidine rings is 1. The molecule has 1 saturated heterocycles. The summed E-state index contributed by atoms with van der Waals surface area (Å²) in [5.41, 5.74) is 1.20. The van der Waals surface area contributed by atoms with Crippen molar-refractivity contribution in [2.75, 3.05) is 23.3 Å². The van der Waals surface area contributed by atoms with E-state index in [9.17, 15) is 0 Å². The van der Waals surface area contributed by atoms with E-state index in [0.717, 1.165) is 37.6 Å². The van der Waals surface area contributed by atoms with Crippen molar-refractivity contribution in [3.8, 4) is 0 Å². The molecule has 1 aliphatic heterocycles. The fraction of sp³-hybridized carbons (Fsp3) is 0.500. The quantitative estimate of drug-likeness (QED) is 0.933. The summed E-state index contributed by atoms with van der Waals surface area (Å²) >= 11 is 0. The molecule has 114 valence electrons. The Labute approximate surface area is 130 Å². The van der Waals surface area contributed by atoms with Gasteiger partial charge >= 0.3 is 0 Å². The second kappa shape index (κ2) is 5.87. The van der Waals surface area contributed by atoms with Gasteiger partial charge in [0.25, 0.3) is 0 Å². The molecule has 22 heavy (non-hydrogen) atoms. The number of aromatic nitrogens is 4. The molecule has 0 aromatic carbocycles. The summed E-state index contributed by atoms with van der Waals surface area (Å²) in [7, 11) is 0. The molecular weight excluding hydrogens is 276 g/mol. The lowest BCUT2D eigenvalue weighted by Gasteiger charge is -2.34. The molecule has 1 N–H and O–H groups in total. The summed E-state index contributed by atoms with van der Waals surface area (Å²) in [6.45, 7) is 2.03. The molecule has 1 saturated carbocycles. The summed E-state index contributed by atoms with van der Waals surface area (Å²) in [4.78, 5) is 19.7. The molecule has 0 amide bonds. The van der Waals surface area contributed by atoms with Crippen LogP contribution in [0.2, 0.25) is 0 Å². The van der Waals surface area contributed by atoms with Crippen molar-refractivity contribution in [1.82, 2.24) is 19.9 Å². The monoisotopic (exact) mass is 296 g/mol. The Hall–Kier alpha value is -2.24. The van der Waals surface area contributed by atoms with Crippen molar-refractivity contribution >= 4 is 11.6 Å². The standard InChI is InChI=1S/C16H20N6/c1-2-12(1)15-16(19-8-7-18-15)22-9-4-13(5-10-22)21-14-3-6-17-11-20-14/h3,6-8,11-13H,1-2,4-5,9-10H2,(H,17,20,21). The minimum Gasteiger partial charge on any atom is -0.367 e. The van der Waals surface area contributed by atoms with Crippen LogP contribution in [0.4, 0.5) is 11.6 Å². The molecule has 0 bridgehead atoms. The molecule has 2 aliphatic rings. The number of hydrogen-bond donors (Lipinski definition) is 1. The summed E-state index contributed by atoms with van der Waals surface area (Å²) in [5.74, 6) is 2.65. The largest absolute Gasteiger partial charge is 0.367 e. The first-order valence-electron chi connectivity index (χ1n) is 7.98. The Balaban J connectivity index is 1.40. The van der Waals surface area contributed by atoms with Gasteiger partial charge in [-0.3, -0.25) is 4.98 Å². The topological polar surface area (TPSA) is 66.8 Å². The minimum atomic E-state index is 0.465. The maximum Gasteiger partial charge on any atom is 0.150 e. The molecule has 4 rings (SSSR count). The Morgan fingerprint density at radius 2 is 1.77 bits per heavy atom. The molecule has 2 fully saturated rings.